The first-order valence-electron chi connectivity index (χ1n) is 2.96. The van der Waals surface area contributed by atoms with Crippen molar-refractivity contribution in [2.45, 2.75) is 0 Å². The number of carboxylic acids is 1. The van der Waals surface area contributed by atoms with Crippen molar-refractivity contribution in [2.24, 2.45) is 0 Å². The molecule has 0 radical (unpaired) electrons. The van der Waals surface area contributed by atoms with Crippen molar-refractivity contribution in [1.82, 2.24) is 4.98 Å². The Hall–Kier alpha value is -0.580. The normalized spacial score (nSPS) is 8.42. The van der Waals surface area contributed by atoms with Crippen LogP contribution in [0, 0.1) is 0 Å². The van der Waals surface area contributed by atoms with Crippen molar-refractivity contribution in [2.75, 3.05) is 7.11 Å². The topological polar surface area (TPSA) is 62.2 Å². The second-order valence-corrected chi connectivity index (χ2v) is 1.84. The minimum absolute atomic E-state index is 0. The van der Waals surface area contributed by atoms with Gasteiger partial charge in [0.2, 0.25) is 0 Å². The SMILES string of the molecule is COc1cccnc1C(=O)[O-].[Na+]. The van der Waals surface area contributed by atoms with Gasteiger partial charge in [-0.15, -0.1) is 0 Å². The molecule has 0 bridgehead atoms. The van der Waals surface area contributed by atoms with E-state index in [2.05, 4.69) is 4.98 Å². The van der Waals surface area contributed by atoms with Crippen molar-refractivity contribution < 1.29 is 44.2 Å². The molecule has 0 N–H and O–H groups in total. The van der Waals surface area contributed by atoms with Crippen LogP contribution in [-0.2, 0) is 0 Å². The molecule has 1 aromatic heterocycles. The van der Waals surface area contributed by atoms with Crippen molar-refractivity contribution in [3.63, 3.8) is 0 Å². The summed E-state index contributed by atoms with van der Waals surface area (Å²) in [5, 5.41) is 10.3. The fraction of sp³-hybridized carbons (Fsp3) is 0.143. The quantitative estimate of drug-likeness (QED) is 0.437. The van der Waals surface area contributed by atoms with Gasteiger partial charge in [-0.1, -0.05) is 0 Å². The number of aromatic nitrogens is 1. The molecule has 0 unspecified atom stereocenters. The molecule has 0 aromatic carbocycles. The maximum atomic E-state index is 10.3. The third-order valence-electron chi connectivity index (χ3n) is 1.18. The van der Waals surface area contributed by atoms with Gasteiger partial charge in [-0.25, -0.2) is 0 Å². The number of pyridine rings is 1. The average molecular weight is 175 g/mol. The minimum Gasteiger partial charge on any atom is -0.543 e. The van der Waals surface area contributed by atoms with E-state index >= 15 is 0 Å². The van der Waals surface area contributed by atoms with E-state index in [0.29, 0.717) is 0 Å². The Balaban J connectivity index is 0.00000121. The Bertz CT molecular complexity index is 277. The van der Waals surface area contributed by atoms with Crippen LogP contribution >= 0.6 is 0 Å². The van der Waals surface area contributed by atoms with Crippen molar-refractivity contribution >= 4 is 5.97 Å². The van der Waals surface area contributed by atoms with E-state index < -0.39 is 5.97 Å². The summed E-state index contributed by atoms with van der Waals surface area (Å²) < 4.78 is 4.72. The first kappa shape index (κ1) is 11.4. The van der Waals surface area contributed by atoms with Crippen LogP contribution in [0.3, 0.4) is 0 Å². The molecule has 0 fully saturated rings. The van der Waals surface area contributed by atoms with Crippen molar-refractivity contribution in [1.29, 1.82) is 0 Å². The van der Waals surface area contributed by atoms with Gasteiger partial charge in [-0.3, -0.25) is 4.98 Å². The summed E-state index contributed by atoms with van der Waals surface area (Å²) in [5.41, 5.74) is -0.171. The van der Waals surface area contributed by atoms with E-state index in [-0.39, 0.29) is 41.0 Å². The Kier molecular flexibility index (Phi) is 4.89. The third-order valence-corrected chi connectivity index (χ3v) is 1.18. The third kappa shape index (κ3) is 2.48. The summed E-state index contributed by atoms with van der Waals surface area (Å²) >= 11 is 0. The standard InChI is InChI=1S/C7H7NO3.Na/c1-11-5-3-2-4-8-6(5)7(9)10;/h2-4H,1H3,(H,9,10);/q;+1/p-1. The molecule has 0 aliphatic heterocycles. The molecule has 1 aromatic rings. The van der Waals surface area contributed by atoms with Gasteiger partial charge in [-0.2, -0.15) is 0 Å². The van der Waals surface area contributed by atoms with E-state index in [1.54, 1.807) is 6.07 Å². The molecular weight excluding hydrogens is 169 g/mol. The predicted octanol–water partition coefficient (Wildman–Crippen LogP) is -3.54. The summed E-state index contributed by atoms with van der Waals surface area (Å²) in [6.45, 7) is 0. The number of methoxy groups -OCH3 is 1. The summed E-state index contributed by atoms with van der Waals surface area (Å²) in [6, 6.07) is 3.10. The molecule has 12 heavy (non-hydrogen) atoms. The fourth-order valence-electron chi connectivity index (χ4n) is 0.709. The molecule has 4 nitrogen and oxygen atoms in total. The summed E-state index contributed by atoms with van der Waals surface area (Å²) in [7, 11) is 1.38. The van der Waals surface area contributed by atoms with Gasteiger partial charge in [0.05, 0.1) is 13.1 Å². The monoisotopic (exact) mass is 175 g/mol. The number of carbonyl (C=O) groups is 1. The Labute approximate surface area is 91.9 Å². The predicted molar refractivity (Wildman–Crippen MR) is 35.1 cm³/mol. The van der Waals surface area contributed by atoms with E-state index in [9.17, 15) is 9.90 Å². The van der Waals surface area contributed by atoms with Gasteiger partial charge < -0.3 is 14.6 Å². The van der Waals surface area contributed by atoms with Crippen LogP contribution in [0.1, 0.15) is 10.5 Å². The molecule has 1 rings (SSSR count). The second kappa shape index (κ2) is 5.13. The molecule has 0 aliphatic carbocycles. The molecule has 0 aliphatic rings. The van der Waals surface area contributed by atoms with Crippen LogP contribution < -0.4 is 39.4 Å². The van der Waals surface area contributed by atoms with Crippen molar-refractivity contribution in [3.05, 3.63) is 24.0 Å². The molecular formula is C7H6NNaO3. The number of rotatable bonds is 2. The Morgan fingerprint density at radius 2 is 2.33 bits per heavy atom. The minimum atomic E-state index is -1.33. The maximum absolute atomic E-state index is 10.3. The first-order valence-corrected chi connectivity index (χ1v) is 2.96. The van der Waals surface area contributed by atoms with Gasteiger partial charge >= 0.3 is 29.6 Å². The Morgan fingerprint density at radius 1 is 1.67 bits per heavy atom. The van der Waals surface area contributed by atoms with Crippen LogP contribution in [0.4, 0.5) is 0 Å². The van der Waals surface area contributed by atoms with E-state index in [1.165, 1.54) is 19.4 Å². The molecule has 0 saturated carbocycles. The summed E-state index contributed by atoms with van der Waals surface area (Å²) in [4.78, 5) is 13.9. The van der Waals surface area contributed by atoms with Crippen LogP contribution in [0.25, 0.3) is 0 Å². The number of nitrogens with zero attached hydrogens (tertiary/aromatic N) is 1. The second-order valence-electron chi connectivity index (χ2n) is 1.84. The van der Waals surface area contributed by atoms with Crippen LogP contribution in [0.2, 0.25) is 0 Å². The molecule has 0 atom stereocenters. The number of carbonyl (C=O) groups excluding carboxylic acids is 1. The van der Waals surface area contributed by atoms with Gasteiger partial charge in [-0.05, 0) is 12.1 Å². The zero-order valence-corrected chi connectivity index (χ0v) is 8.90. The van der Waals surface area contributed by atoms with E-state index in [1.807, 2.05) is 0 Å². The summed E-state index contributed by atoms with van der Waals surface area (Å²) in [5.74, 6) is -1.12. The van der Waals surface area contributed by atoms with Gasteiger partial charge in [0.1, 0.15) is 11.4 Å². The molecule has 5 heteroatoms. The Morgan fingerprint density at radius 3 is 2.75 bits per heavy atom. The number of hydrogen-bond donors (Lipinski definition) is 0. The van der Waals surface area contributed by atoms with Gasteiger partial charge in [0.25, 0.3) is 0 Å². The number of hydrogen-bond acceptors (Lipinski definition) is 4. The first-order chi connectivity index (χ1) is 5.25. The van der Waals surface area contributed by atoms with Crippen molar-refractivity contribution in [3.8, 4) is 5.75 Å². The van der Waals surface area contributed by atoms with Gasteiger partial charge in [0.15, 0.2) is 0 Å². The number of aromatic carboxylic acids is 1. The van der Waals surface area contributed by atoms with Crippen LogP contribution in [-0.4, -0.2) is 18.1 Å². The molecule has 0 amide bonds. The van der Waals surface area contributed by atoms with Crippen LogP contribution in [0.15, 0.2) is 18.3 Å². The average Bonchev–Trinajstić information content (AvgIpc) is 2.04. The largest absolute Gasteiger partial charge is 1.00 e. The summed E-state index contributed by atoms with van der Waals surface area (Å²) in [6.07, 6.45) is 1.37. The molecule has 58 valence electrons. The smallest absolute Gasteiger partial charge is 0.543 e. The van der Waals surface area contributed by atoms with Crippen LogP contribution in [0.5, 0.6) is 5.75 Å². The zero-order valence-electron chi connectivity index (χ0n) is 6.90. The number of carboxylic acid groups (broad SMARTS) is 1. The number of ether oxygens (including phenoxy) is 1. The molecule has 1 heterocycles. The van der Waals surface area contributed by atoms with E-state index in [0.717, 1.165) is 0 Å². The zero-order chi connectivity index (χ0) is 8.27. The molecule has 0 saturated heterocycles. The van der Waals surface area contributed by atoms with E-state index in [4.69, 9.17) is 4.74 Å². The maximum Gasteiger partial charge on any atom is 1.00 e. The molecule has 0 spiro atoms. The van der Waals surface area contributed by atoms with Gasteiger partial charge in [0, 0.05) is 6.20 Å². The fourth-order valence-corrected chi connectivity index (χ4v) is 0.709.